The van der Waals surface area contributed by atoms with Crippen molar-refractivity contribution in [1.29, 1.82) is 0 Å². The highest BCUT2D eigenvalue weighted by Crippen LogP contribution is 2.39. The topological polar surface area (TPSA) is 43.8 Å². The largest absolute Gasteiger partial charge is 0.383 e. The molecule has 1 aliphatic rings. The van der Waals surface area contributed by atoms with Crippen LogP contribution in [0.25, 0.3) is 11.3 Å². The molecule has 1 fully saturated rings. The van der Waals surface area contributed by atoms with Crippen LogP contribution < -0.4 is 5.73 Å². The van der Waals surface area contributed by atoms with Crippen molar-refractivity contribution in [2.24, 2.45) is 0 Å². The summed E-state index contributed by atoms with van der Waals surface area (Å²) in [5.74, 6) is 1.52. The normalized spacial score (nSPS) is 15.8. The van der Waals surface area contributed by atoms with Crippen LogP contribution in [0.1, 0.15) is 44.3 Å². The number of rotatable bonds is 3. The third-order valence-corrected chi connectivity index (χ3v) is 4.59. The smallest absolute Gasteiger partial charge is 0.134 e. The molecule has 1 aliphatic carbocycles. The van der Waals surface area contributed by atoms with E-state index in [2.05, 4.69) is 4.98 Å². The molecule has 0 bridgehead atoms. The minimum atomic E-state index is -0.382. The van der Waals surface area contributed by atoms with Gasteiger partial charge in [0.1, 0.15) is 23.2 Å². The second kappa shape index (κ2) is 5.68. The van der Waals surface area contributed by atoms with Gasteiger partial charge in [-0.1, -0.05) is 30.5 Å². The summed E-state index contributed by atoms with van der Waals surface area (Å²) in [5, 5.41) is 0.348. The van der Waals surface area contributed by atoms with Crippen LogP contribution in [-0.4, -0.2) is 9.55 Å². The summed E-state index contributed by atoms with van der Waals surface area (Å²) in [4.78, 5) is 4.67. The Labute approximate surface area is 128 Å². The van der Waals surface area contributed by atoms with Crippen molar-refractivity contribution in [1.82, 2.24) is 9.55 Å². The van der Waals surface area contributed by atoms with E-state index in [-0.39, 0.29) is 5.82 Å². The fraction of sp³-hybridized carbons (Fsp3) is 0.438. The fourth-order valence-electron chi connectivity index (χ4n) is 3.22. The van der Waals surface area contributed by atoms with Gasteiger partial charge in [-0.3, -0.25) is 0 Å². The SMILES string of the molecule is CCn1c(C2CCCC2)nc(-c2c(F)cccc2Cl)c1N. The van der Waals surface area contributed by atoms with Crippen LogP contribution in [0.15, 0.2) is 18.2 Å². The molecular weight excluding hydrogens is 289 g/mol. The maximum atomic E-state index is 14.1. The summed E-state index contributed by atoms with van der Waals surface area (Å²) in [7, 11) is 0. The Balaban J connectivity index is 2.15. The van der Waals surface area contributed by atoms with Gasteiger partial charge in [0.25, 0.3) is 0 Å². The van der Waals surface area contributed by atoms with E-state index in [1.165, 1.54) is 18.9 Å². The number of hydrogen-bond acceptors (Lipinski definition) is 2. The molecule has 0 amide bonds. The van der Waals surface area contributed by atoms with E-state index in [0.29, 0.717) is 28.0 Å². The standard InChI is InChI=1S/C16H19ClFN3/c1-2-21-15(19)14(13-11(17)8-5-9-12(13)18)20-16(21)10-6-3-4-7-10/h5,8-10H,2-4,6-7,19H2,1H3. The Morgan fingerprint density at radius 3 is 2.71 bits per heavy atom. The van der Waals surface area contributed by atoms with Crippen LogP contribution in [0.2, 0.25) is 5.02 Å². The first-order chi connectivity index (χ1) is 10.1. The van der Waals surface area contributed by atoms with E-state index in [1.54, 1.807) is 12.1 Å². The molecule has 0 atom stereocenters. The summed E-state index contributed by atoms with van der Waals surface area (Å²) in [6, 6.07) is 4.65. The second-order valence-electron chi connectivity index (χ2n) is 5.53. The van der Waals surface area contributed by atoms with Crippen LogP contribution in [0.5, 0.6) is 0 Å². The highest BCUT2D eigenvalue weighted by molar-refractivity contribution is 6.33. The minimum Gasteiger partial charge on any atom is -0.383 e. The zero-order chi connectivity index (χ0) is 15.0. The predicted octanol–water partition coefficient (Wildman–Crippen LogP) is 4.60. The van der Waals surface area contributed by atoms with E-state index in [0.717, 1.165) is 25.2 Å². The molecule has 1 aromatic heterocycles. The van der Waals surface area contributed by atoms with Gasteiger partial charge >= 0.3 is 0 Å². The molecule has 0 unspecified atom stereocenters. The van der Waals surface area contributed by atoms with Crippen molar-refractivity contribution in [2.45, 2.75) is 45.1 Å². The van der Waals surface area contributed by atoms with Crippen molar-refractivity contribution in [2.75, 3.05) is 5.73 Å². The maximum absolute atomic E-state index is 14.1. The molecule has 0 saturated heterocycles. The monoisotopic (exact) mass is 307 g/mol. The van der Waals surface area contributed by atoms with Gasteiger partial charge < -0.3 is 10.3 Å². The fourth-order valence-corrected chi connectivity index (χ4v) is 3.47. The van der Waals surface area contributed by atoms with Crippen molar-refractivity contribution in [3.63, 3.8) is 0 Å². The number of nitrogen functional groups attached to an aromatic ring is 1. The van der Waals surface area contributed by atoms with Gasteiger partial charge in [0.05, 0.1) is 10.6 Å². The number of imidazole rings is 1. The zero-order valence-corrected chi connectivity index (χ0v) is 12.8. The molecule has 3 nitrogen and oxygen atoms in total. The van der Waals surface area contributed by atoms with Gasteiger partial charge in [0.2, 0.25) is 0 Å². The van der Waals surface area contributed by atoms with Crippen molar-refractivity contribution in [3.8, 4) is 11.3 Å². The number of hydrogen-bond donors (Lipinski definition) is 1. The molecule has 1 aromatic carbocycles. The van der Waals surface area contributed by atoms with Gasteiger partial charge in [0.15, 0.2) is 0 Å². The Kier molecular flexibility index (Phi) is 3.89. The molecule has 2 N–H and O–H groups in total. The molecule has 0 spiro atoms. The van der Waals surface area contributed by atoms with Crippen molar-refractivity contribution < 1.29 is 4.39 Å². The van der Waals surface area contributed by atoms with E-state index >= 15 is 0 Å². The molecule has 3 rings (SSSR count). The molecular formula is C16H19ClFN3. The Bertz CT molecular complexity index is 640. The molecule has 5 heteroatoms. The lowest BCUT2D eigenvalue weighted by Gasteiger charge is -2.11. The zero-order valence-electron chi connectivity index (χ0n) is 12.1. The summed E-state index contributed by atoms with van der Waals surface area (Å²) < 4.78 is 16.1. The lowest BCUT2D eigenvalue weighted by Crippen LogP contribution is -2.08. The lowest BCUT2D eigenvalue weighted by molar-refractivity contribution is 0.604. The minimum absolute atomic E-state index is 0.308. The summed E-state index contributed by atoms with van der Waals surface area (Å²) in [5.41, 5.74) is 7.01. The lowest BCUT2D eigenvalue weighted by atomic mass is 10.1. The van der Waals surface area contributed by atoms with Crippen LogP contribution in [-0.2, 0) is 6.54 Å². The van der Waals surface area contributed by atoms with Crippen molar-refractivity contribution >= 4 is 17.4 Å². The van der Waals surface area contributed by atoms with Gasteiger partial charge in [-0.25, -0.2) is 9.37 Å². The Morgan fingerprint density at radius 1 is 1.38 bits per heavy atom. The number of nitrogens with zero attached hydrogens (tertiary/aromatic N) is 2. The number of benzene rings is 1. The highest BCUT2D eigenvalue weighted by Gasteiger charge is 2.26. The molecule has 0 radical (unpaired) electrons. The molecule has 1 saturated carbocycles. The molecule has 1 heterocycles. The number of halogens is 2. The molecule has 2 aromatic rings. The van der Waals surface area contributed by atoms with E-state index in [4.69, 9.17) is 17.3 Å². The average Bonchev–Trinajstić information content (AvgIpc) is 3.07. The third-order valence-electron chi connectivity index (χ3n) is 4.27. The molecule has 0 aliphatic heterocycles. The van der Waals surface area contributed by atoms with Gasteiger partial charge in [-0.15, -0.1) is 0 Å². The van der Waals surface area contributed by atoms with Gasteiger partial charge in [-0.2, -0.15) is 0 Å². The predicted molar refractivity (Wildman–Crippen MR) is 83.9 cm³/mol. The summed E-state index contributed by atoms with van der Waals surface area (Å²) in [6.45, 7) is 2.76. The number of aromatic nitrogens is 2. The van der Waals surface area contributed by atoms with Crippen LogP contribution in [0.3, 0.4) is 0 Å². The van der Waals surface area contributed by atoms with Crippen LogP contribution >= 0.6 is 11.6 Å². The Hall–Kier alpha value is -1.55. The van der Waals surface area contributed by atoms with Gasteiger partial charge in [-0.05, 0) is 31.9 Å². The summed E-state index contributed by atoms with van der Waals surface area (Å²) in [6.07, 6.45) is 4.69. The van der Waals surface area contributed by atoms with E-state index < -0.39 is 0 Å². The molecule has 112 valence electrons. The number of nitrogens with two attached hydrogens (primary N) is 1. The average molecular weight is 308 g/mol. The van der Waals surface area contributed by atoms with E-state index in [9.17, 15) is 4.39 Å². The highest BCUT2D eigenvalue weighted by atomic mass is 35.5. The number of anilines is 1. The van der Waals surface area contributed by atoms with Crippen LogP contribution in [0, 0.1) is 5.82 Å². The first-order valence-electron chi connectivity index (χ1n) is 7.43. The quantitative estimate of drug-likeness (QED) is 0.900. The first kappa shape index (κ1) is 14.4. The molecule has 21 heavy (non-hydrogen) atoms. The first-order valence-corrected chi connectivity index (χ1v) is 7.81. The third kappa shape index (κ3) is 2.42. The second-order valence-corrected chi connectivity index (χ2v) is 5.93. The summed E-state index contributed by atoms with van der Waals surface area (Å²) >= 11 is 6.16. The van der Waals surface area contributed by atoms with E-state index in [1.807, 2.05) is 11.5 Å². The maximum Gasteiger partial charge on any atom is 0.134 e. The van der Waals surface area contributed by atoms with Crippen LogP contribution in [0.4, 0.5) is 10.2 Å². The van der Waals surface area contributed by atoms with Gasteiger partial charge in [0, 0.05) is 12.5 Å². The Morgan fingerprint density at radius 2 is 2.10 bits per heavy atom. The van der Waals surface area contributed by atoms with Crippen molar-refractivity contribution in [3.05, 3.63) is 34.9 Å².